The summed E-state index contributed by atoms with van der Waals surface area (Å²) in [4.78, 5) is 17.4. The molecule has 2 heterocycles. The van der Waals surface area contributed by atoms with Crippen molar-refractivity contribution in [1.82, 2.24) is 25.2 Å². The van der Waals surface area contributed by atoms with E-state index < -0.39 is 0 Å². The fourth-order valence-electron chi connectivity index (χ4n) is 4.59. The lowest BCUT2D eigenvalue weighted by atomic mass is 10.0. The number of nitrogens with zero attached hydrogens (tertiary/aromatic N) is 4. The molecule has 0 saturated heterocycles. The zero-order valence-corrected chi connectivity index (χ0v) is 16.6. The minimum Gasteiger partial charge on any atom is -0.344 e. The number of fused-ring (bicyclic) bond motifs is 1. The molecule has 0 aliphatic heterocycles. The van der Waals surface area contributed by atoms with Crippen LogP contribution in [0.3, 0.4) is 0 Å². The summed E-state index contributed by atoms with van der Waals surface area (Å²) in [6.07, 6.45) is 8.91. The summed E-state index contributed by atoms with van der Waals surface area (Å²) in [7, 11) is 0. The SMILES string of the molecule is CCc1nc(-c2ccc3c(c2)CC[C@H]3NC(=O)c2ccnn2C2CCCC2)no1. The van der Waals surface area contributed by atoms with Gasteiger partial charge < -0.3 is 9.84 Å². The predicted molar refractivity (Wildman–Crippen MR) is 107 cm³/mol. The molecule has 1 aromatic carbocycles. The van der Waals surface area contributed by atoms with Crippen molar-refractivity contribution in [2.75, 3.05) is 0 Å². The fraction of sp³-hybridized carbons (Fsp3) is 0.455. The summed E-state index contributed by atoms with van der Waals surface area (Å²) < 4.78 is 7.15. The smallest absolute Gasteiger partial charge is 0.270 e. The van der Waals surface area contributed by atoms with Gasteiger partial charge in [0.15, 0.2) is 0 Å². The summed E-state index contributed by atoms with van der Waals surface area (Å²) in [6.45, 7) is 1.99. The normalized spacial score (nSPS) is 18.9. The van der Waals surface area contributed by atoms with Gasteiger partial charge in [-0.2, -0.15) is 10.1 Å². The van der Waals surface area contributed by atoms with E-state index in [1.165, 1.54) is 24.0 Å². The van der Waals surface area contributed by atoms with Gasteiger partial charge in [0.25, 0.3) is 5.91 Å². The molecule has 2 aromatic heterocycles. The van der Waals surface area contributed by atoms with Crippen molar-refractivity contribution < 1.29 is 9.32 Å². The molecule has 0 bridgehead atoms. The molecule has 1 N–H and O–H groups in total. The van der Waals surface area contributed by atoms with E-state index in [9.17, 15) is 4.79 Å². The van der Waals surface area contributed by atoms with Crippen LogP contribution in [0.15, 0.2) is 35.0 Å². The Morgan fingerprint density at radius 1 is 1.24 bits per heavy atom. The lowest BCUT2D eigenvalue weighted by molar-refractivity contribution is 0.0923. The summed E-state index contributed by atoms with van der Waals surface area (Å²) in [6, 6.07) is 8.42. The number of carbonyl (C=O) groups excluding carboxylic acids is 1. The minimum atomic E-state index is -0.0397. The Morgan fingerprint density at radius 3 is 2.90 bits per heavy atom. The summed E-state index contributed by atoms with van der Waals surface area (Å²) in [5.41, 5.74) is 4.03. The number of rotatable bonds is 5. The molecule has 1 amide bonds. The van der Waals surface area contributed by atoms with Crippen LogP contribution in [0.25, 0.3) is 11.4 Å². The largest absolute Gasteiger partial charge is 0.344 e. The second kappa shape index (κ2) is 7.46. The first-order valence-corrected chi connectivity index (χ1v) is 10.5. The van der Waals surface area contributed by atoms with Crippen molar-refractivity contribution in [2.24, 2.45) is 0 Å². The van der Waals surface area contributed by atoms with E-state index in [4.69, 9.17) is 4.52 Å². The maximum Gasteiger partial charge on any atom is 0.270 e. The van der Waals surface area contributed by atoms with E-state index in [-0.39, 0.29) is 11.9 Å². The second-order valence-electron chi connectivity index (χ2n) is 7.94. The van der Waals surface area contributed by atoms with Crippen LogP contribution in [0.2, 0.25) is 0 Å². The molecule has 0 unspecified atom stereocenters. The highest BCUT2D eigenvalue weighted by Gasteiger charge is 2.28. The van der Waals surface area contributed by atoms with Gasteiger partial charge >= 0.3 is 0 Å². The predicted octanol–water partition coefficient (Wildman–Crippen LogP) is 4.03. The van der Waals surface area contributed by atoms with Gasteiger partial charge in [-0.25, -0.2) is 0 Å². The maximum absolute atomic E-state index is 13.0. The number of aryl methyl sites for hydroxylation is 2. The second-order valence-corrected chi connectivity index (χ2v) is 7.94. The third-order valence-electron chi connectivity index (χ3n) is 6.13. The van der Waals surface area contributed by atoms with Crippen LogP contribution >= 0.6 is 0 Å². The van der Waals surface area contributed by atoms with E-state index in [1.807, 2.05) is 23.7 Å². The van der Waals surface area contributed by atoms with Crippen molar-refractivity contribution in [3.63, 3.8) is 0 Å². The van der Waals surface area contributed by atoms with Gasteiger partial charge in [0.2, 0.25) is 11.7 Å². The first kappa shape index (κ1) is 18.1. The van der Waals surface area contributed by atoms with E-state index in [0.29, 0.717) is 23.5 Å². The molecule has 150 valence electrons. The first-order chi connectivity index (χ1) is 14.2. The molecule has 7 heteroatoms. The number of hydrogen-bond donors (Lipinski definition) is 1. The van der Waals surface area contributed by atoms with Crippen molar-refractivity contribution in [3.05, 3.63) is 53.2 Å². The van der Waals surface area contributed by atoms with E-state index in [1.54, 1.807) is 6.20 Å². The third kappa shape index (κ3) is 3.34. The quantitative estimate of drug-likeness (QED) is 0.710. The van der Waals surface area contributed by atoms with Crippen LogP contribution in [0.4, 0.5) is 0 Å². The fourth-order valence-corrected chi connectivity index (χ4v) is 4.59. The number of amides is 1. The van der Waals surface area contributed by atoms with Gasteiger partial charge in [0.05, 0.1) is 12.1 Å². The summed E-state index contributed by atoms with van der Waals surface area (Å²) >= 11 is 0. The Hall–Kier alpha value is -2.96. The number of nitrogens with one attached hydrogen (secondary N) is 1. The van der Waals surface area contributed by atoms with Gasteiger partial charge in [-0.3, -0.25) is 9.48 Å². The lowest BCUT2D eigenvalue weighted by Crippen LogP contribution is -2.30. The Bertz CT molecular complexity index is 1030. The van der Waals surface area contributed by atoms with Crippen LogP contribution in [0.1, 0.15) is 78.6 Å². The summed E-state index contributed by atoms with van der Waals surface area (Å²) in [5.74, 6) is 1.23. The number of hydrogen-bond acceptors (Lipinski definition) is 5. The molecule has 5 rings (SSSR count). The van der Waals surface area contributed by atoms with Gasteiger partial charge in [-0.05, 0) is 48.9 Å². The molecule has 29 heavy (non-hydrogen) atoms. The van der Waals surface area contributed by atoms with Crippen LogP contribution < -0.4 is 5.32 Å². The number of benzene rings is 1. The average Bonchev–Trinajstić information content (AvgIpc) is 3.54. The molecule has 2 aliphatic carbocycles. The number of carbonyl (C=O) groups is 1. The van der Waals surface area contributed by atoms with Gasteiger partial charge in [0, 0.05) is 18.2 Å². The summed E-state index contributed by atoms with van der Waals surface area (Å²) in [5, 5.41) is 11.7. The van der Waals surface area contributed by atoms with Gasteiger partial charge in [-0.1, -0.05) is 37.1 Å². The van der Waals surface area contributed by atoms with E-state index in [0.717, 1.165) is 37.7 Å². The molecule has 0 spiro atoms. The van der Waals surface area contributed by atoms with Crippen molar-refractivity contribution in [3.8, 4) is 11.4 Å². The van der Waals surface area contributed by atoms with E-state index in [2.05, 4.69) is 32.7 Å². The molecule has 2 aliphatic rings. The van der Waals surface area contributed by atoms with Gasteiger partial charge in [-0.15, -0.1) is 0 Å². The zero-order valence-electron chi connectivity index (χ0n) is 16.6. The topological polar surface area (TPSA) is 85.8 Å². The van der Waals surface area contributed by atoms with Crippen molar-refractivity contribution >= 4 is 5.91 Å². The monoisotopic (exact) mass is 391 g/mol. The van der Waals surface area contributed by atoms with Gasteiger partial charge in [0.1, 0.15) is 5.69 Å². The highest BCUT2D eigenvalue weighted by atomic mass is 16.5. The van der Waals surface area contributed by atoms with Crippen molar-refractivity contribution in [2.45, 2.75) is 64.0 Å². The Balaban J connectivity index is 1.33. The minimum absolute atomic E-state index is 0.0231. The van der Waals surface area contributed by atoms with Crippen LogP contribution in [-0.2, 0) is 12.8 Å². The van der Waals surface area contributed by atoms with Crippen molar-refractivity contribution in [1.29, 1.82) is 0 Å². The molecule has 1 fully saturated rings. The molecule has 1 saturated carbocycles. The molecule has 3 aromatic rings. The average molecular weight is 391 g/mol. The highest BCUT2D eigenvalue weighted by molar-refractivity contribution is 5.93. The Morgan fingerprint density at radius 2 is 2.10 bits per heavy atom. The molecule has 1 atom stereocenters. The van der Waals surface area contributed by atoms with Crippen LogP contribution in [0.5, 0.6) is 0 Å². The van der Waals surface area contributed by atoms with Crippen LogP contribution in [-0.4, -0.2) is 25.8 Å². The zero-order chi connectivity index (χ0) is 19.8. The molecular formula is C22H25N5O2. The molecular weight excluding hydrogens is 366 g/mol. The maximum atomic E-state index is 13.0. The Labute approximate surface area is 169 Å². The van der Waals surface area contributed by atoms with Crippen LogP contribution in [0, 0.1) is 0 Å². The van der Waals surface area contributed by atoms with E-state index >= 15 is 0 Å². The molecule has 7 nitrogen and oxygen atoms in total. The standard InChI is InChI=1S/C22H25N5O2/c1-2-20-25-21(26-29-20)15-7-9-17-14(13-15)8-10-18(17)24-22(28)19-11-12-23-27(19)16-5-3-4-6-16/h7,9,11-13,16,18H,2-6,8,10H2,1H3,(H,24,28)/t18-/m1/s1. The number of aromatic nitrogens is 4. The Kier molecular flexibility index (Phi) is 4.66. The third-order valence-corrected chi connectivity index (χ3v) is 6.13. The highest BCUT2D eigenvalue weighted by Crippen LogP contribution is 2.34. The lowest BCUT2D eigenvalue weighted by Gasteiger charge is -2.17. The molecule has 0 radical (unpaired) electrons. The first-order valence-electron chi connectivity index (χ1n) is 10.5.